The zero-order chi connectivity index (χ0) is 24.1. The van der Waals surface area contributed by atoms with Crippen LogP contribution in [0.4, 0.5) is 11.4 Å². The molecular weight excluding hydrogens is 454 g/mol. The van der Waals surface area contributed by atoms with E-state index in [9.17, 15) is 9.59 Å². The van der Waals surface area contributed by atoms with Crippen molar-refractivity contribution in [2.24, 2.45) is 0 Å². The van der Waals surface area contributed by atoms with E-state index in [4.69, 9.17) is 16.3 Å². The number of likely N-dealkylation sites (N-methyl/N-ethyl adjacent to an activating group) is 1. The summed E-state index contributed by atoms with van der Waals surface area (Å²) < 4.78 is 6.94. The van der Waals surface area contributed by atoms with E-state index in [1.54, 1.807) is 42.5 Å². The molecule has 1 aliphatic heterocycles. The molecule has 2 heterocycles. The molecule has 0 spiro atoms. The fourth-order valence-corrected chi connectivity index (χ4v) is 4.03. The van der Waals surface area contributed by atoms with Crippen molar-refractivity contribution >= 4 is 28.9 Å². The summed E-state index contributed by atoms with van der Waals surface area (Å²) in [6, 6.07) is 14.0. The minimum atomic E-state index is -0.374. The van der Waals surface area contributed by atoms with Crippen molar-refractivity contribution < 1.29 is 9.53 Å². The van der Waals surface area contributed by atoms with Crippen molar-refractivity contribution in [2.45, 2.75) is 13.8 Å². The summed E-state index contributed by atoms with van der Waals surface area (Å²) in [5.74, 6) is 0.322. The molecule has 1 amide bonds. The van der Waals surface area contributed by atoms with Gasteiger partial charge in [-0.3, -0.25) is 9.59 Å². The fraction of sp³-hybridized carbons (Fsp3) is 0.320. The van der Waals surface area contributed by atoms with Crippen molar-refractivity contribution in [3.8, 4) is 11.4 Å². The molecule has 0 atom stereocenters. The van der Waals surface area contributed by atoms with Gasteiger partial charge in [0.2, 0.25) is 0 Å². The number of carbonyl (C=O) groups is 1. The number of ether oxygens (including phenoxy) is 1. The maximum Gasteiger partial charge on any atom is 0.299 e. The molecule has 9 heteroatoms. The Morgan fingerprint density at radius 3 is 2.50 bits per heavy atom. The van der Waals surface area contributed by atoms with Crippen LogP contribution < -0.4 is 15.6 Å². The van der Waals surface area contributed by atoms with Crippen molar-refractivity contribution in [3.05, 3.63) is 75.7 Å². The van der Waals surface area contributed by atoms with Gasteiger partial charge in [0.15, 0.2) is 11.4 Å². The first kappa shape index (κ1) is 23.8. The van der Waals surface area contributed by atoms with Crippen LogP contribution in [0.2, 0.25) is 5.02 Å². The molecule has 2 aromatic carbocycles. The second-order valence-electron chi connectivity index (χ2n) is 7.94. The second-order valence-corrected chi connectivity index (χ2v) is 8.38. The summed E-state index contributed by atoms with van der Waals surface area (Å²) in [5.41, 5.74) is 1.63. The van der Waals surface area contributed by atoms with Crippen LogP contribution >= 0.6 is 11.6 Å². The molecule has 1 aliphatic rings. The van der Waals surface area contributed by atoms with Gasteiger partial charge in [-0.05, 0) is 55.9 Å². The van der Waals surface area contributed by atoms with Gasteiger partial charge in [-0.15, -0.1) is 0 Å². The smallest absolute Gasteiger partial charge is 0.299 e. The molecule has 0 aliphatic carbocycles. The Labute approximate surface area is 203 Å². The number of halogens is 1. The molecule has 0 saturated carbocycles. The lowest BCUT2D eigenvalue weighted by Gasteiger charge is -2.34. The molecule has 0 bridgehead atoms. The lowest BCUT2D eigenvalue weighted by Crippen LogP contribution is -2.48. The third-order valence-electron chi connectivity index (χ3n) is 5.80. The first-order valence-corrected chi connectivity index (χ1v) is 11.8. The van der Waals surface area contributed by atoms with Gasteiger partial charge in [0.1, 0.15) is 0 Å². The van der Waals surface area contributed by atoms with Crippen LogP contribution in [0.5, 0.6) is 5.75 Å². The van der Waals surface area contributed by atoms with Crippen LogP contribution in [0.1, 0.15) is 24.2 Å². The normalized spacial score (nSPS) is 14.1. The van der Waals surface area contributed by atoms with Crippen molar-refractivity contribution in [2.75, 3.05) is 44.6 Å². The molecule has 3 aromatic rings. The van der Waals surface area contributed by atoms with Gasteiger partial charge in [-0.25, -0.2) is 0 Å². The minimum absolute atomic E-state index is 0.0160. The summed E-state index contributed by atoms with van der Waals surface area (Å²) in [5, 5.41) is 7.98. The van der Waals surface area contributed by atoms with Crippen LogP contribution in [0.3, 0.4) is 0 Å². The highest BCUT2D eigenvalue weighted by Crippen LogP contribution is 2.25. The van der Waals surface area contributed by atoms with Crippen LogP contribution in [0, 0.1) is 0 Å². The highest BCUT2D eigenvalue weighted by atomic mass is 35.5. The Morgan fingerprint density at radius 1 is 1.09 bits per heavy atom. The lowest BCUT2D eigenvalue weighted by molar-refractivity contribution is 0.0643. The number of anilines is 2. The highest BCUT2D eigenvalue weighted by Gasteiger charge is 2.22. The number of hydrogen-bond acceptors (Lipinski definition) is 6. The predicted molar refractivity (Wildman–Crippen MR) is 134 cm³/mol. The van der Waals surface area contributed by atoms with E-state index in [0.29, 0.717) is 47.4 Å². The monoisotopic (exact) mass is 481 g/mol. The first-order valence-electron chi connectivity index (χ1n) is 11.4. The van der Waals surface area contributed by atoms with Gasteiger partial charge in [0.05, 0.1) is 18.5 Å². The Hall–Kier alpha value is -3.36. The number of amides is 1. The minimum Gasteiger partial charge on any atom is -0.490 e. The van der Waals surface area contributed by atoms with Gasteiger partial charge < -0.3 is 19.9 Å². The van der Waals surface area contributed by atoms with Gasteiger partial charge in [0.25, 0.3) is 11.5 Å². The van der Waals surface area contributed by atoms with E-state index < -0.39 is 0 Å². The lowest BCUT2D eigenvalue weighted by atomic mass is 10.1. The van der Waals surface area contributed by atoms with Crippen LogP contribution in [-0.2, 0) is 0 Å². The van der Waals surface area contributed by atoms with E-state index in [1.165, 1.54) is 10.9 Å². The molecule has 0 radical (unpaired) electrons. The topological polar surface area (TPSA) is 79.7 Å². The molecule has 1 aromatic heterocycles. The van der Waals surface area contributed by atoms with Crippen molar-refractivity contribution in [3.63, 3.8) is 0 Å². The molecule has 0 unspecified atom stereocenters. The SMILES string of the molecule is CCOc1cnn(-c2ccc(Cl)cc2)c(=O)c1Nc1cccc(C(=O)N2CCN(CC)CC2)c1. The van der Waals surface area contributed by atoms with E-state index in [-0.39, 0.29) is 17.2 Å². The molecule has 4 rings (SSSR count). The van der Waals surface area contributed by atoms with E-state index >= 15 is 0 Å². The Balaban J connectivity index is 1.62. The standard InChI is InChI=1S/C25H28ClN5O3/c1-3-29-12-14-30(15-13-29)24(32)18-6-5-7-20(16-18)28-23-22(34-4-2)17-27-31(25(23)33)21-10-8-19(26)9-11-21/h5-11,16-17,28H,3-4,12-15H2,1-2H3. The summed E-state index contributed by atoms with van der Waals surface area (Å²) in [4.78, 5) is 30.6. The average Bonchev–Trinajstić information content (AvgIpc) is 2.87. The fourth-order valence-electron chi connectivity index (χ4n) is 3.91. The Kier molecular flexibility index (Phi) is 7.49. The highest BCUT2D eigenvalue weighted by molar-refractivity contribution is 6.30. The van der Waals surface area contributed by atoms with Gasteiger partial charge in [-0.2, -0.15) is 9.78 Å². The molecule has 8 nitrogen and oxygen atoms in total. The molecule has 178 valence electrons. The summed E-state index contributed by atoms with van der Waals surface area (Å²) in [6.45, 7) is 8.49. The number of nitrogens with zero attached hydrogens (tertiary/aromatic N) is 4. The quantitative estimate of drug-likeness (QED) is 0.553. The van der Waals surface area contributed by atoms with Crippen LogP contribution in [-0.4, -0.2) is 64.8 Å². The van der Waals surface area contributed by atoms with Gasteiger partial charge >= 0.3 is 0 Å². The number of rotatable bonds is 7. The number of carbonyl (C=O) groups excluding carboxylic acids is 1. The number of piperazine rings is 1. The van der Waals surface area contributed by atoms with Gasteiger partial charge in [-0.1, -0.05) is 24.6 Å². The maximum absolute atomic E-state index is 13.3. The summed E-state index contributed by atoms with van der Waals surface area (Å²) in [7, 11) is 0. The number of hydrogen-bond donors (Lipinski definition) is 1. The summed E-state index contributed by atoms with van der Waals surface area (Å²) in [6.07, 6.45) is 1.50. The summed E-state index contributed by atoms with van der Waals surface area (Å²) >= 11 is 5.98. The average molecular weight is 482 g/mol. The molecule has 1 fully saturated rings. The van der Waals surface area contributed by atoms with Crippen molar-refractivity contribution in [1.29, 1.82) is 0 Å². The molecule has 1 saturated heterocycles. The zero-order valence-corrected chi connectivity index (χ0v) is 20.1. The third kappa shape index (κ3) is 5.24. The maximum atomic E-state index is 13.3. The van der Waals surface area contributed by atoms with E-state index in [1.807, 2.05) is 17.9 Å². The predicted octanol–water partition coefficient (Wildman–Crippen LogP) is 3.81. The van der Waals surface area contributed by atoms with Gasteiger partial charge in [0, 0.05) is 42.5 Å². The first-order chi connectivity index (χ1) is 16.5. The largest absolute Gasteiger partial charge is 0.490 e. The van der Waals surface area contributed by atoms with Crippen LogP contribution in [0.15, 0.2) is 59.5 Å². The third-order valence-corrected chi connectivity index (χ3v) is 6.05. The molecule has 34 heavy (non-hydrogen) atoms. The Morgan fingerprint density at radius 2 is 1.82 bits per heavy atom. The molecular formula is C25H28ClN5O3. The van der Waals surface area contributed by atoms with Crippen molar-refractivity contribution in [1.82, 2.24) is 19.6 Å². The van der Waals surface area contributed by atoms with Crippen LogP contribution in [0.25, 0.3) is 5.69 Å². The second kappa shape index (κ2) is 10.7. The van der Waals surface area contributed by atoms with E-state index in [0.717, 1.165) is 19.6 Å². The van der Waals surface area contributed by atoms with E-state index in [2.05, 4.69) is 22.2 Å². The number of benzene rings is 2. The number of aromatic nitrogens is 2. The Bertz CT molecular complexity index is 1200. The molecule has 1 N–H and O–H groups in total. The number of nitrogens with one attached hydrogen (secondary N) is 1. The zero-order valence-electron chi connectivity index (χ0n) is 19.3.